The van der Waals surface area contributed by atoms with Crippen LogP contribution in [0.3, 0.4) is 0 Å². The van der Waals surface area contributed by atoms with Gasteiger partial charge in [0.2, 0.25) is 0 Å². The van der Waals surface area contributed by atoms with Crippen LogP contribution < -0.4 is 5.32 Å². The van der Waals surface area contributed by atoms with E-state index in [0.717, 1.165) is 49.1 Å². The quantitative estimate of drug-likeness (QED) is 0.852. The highest BCUT2D eigenvalue weighted by Gasteiger charge is 2.25. The Morgan fingerprint density at radius 1 is 1.38 bits per heavy atom. The second kappa shape index (κ2) is 9.53. The van der Waals surface area contributed by atoms with Gasteiger partial charge in [-0.15, -0.1) is 24.8 Å². The molecule has 2 aromatic rings. The third-order valence-corrected chi connectivity index (χ3v) is 5.11. The lowest BCUT2D eigenvalue weighted by molar-refractivity contribution is 0.0705. The molecule has 2 aromatic heterocycles. The molecule has 0 aliphatic carbocycles. The number of pyridine rings is 1. The van der Waals surface area contributed by atoms with Crippen LogP contribution in [0.4, 0.5) is 0 Å². The van der Waals surface area contributed by atoms with Gasteiger partial charge >= 0.3 is 0 Å². The number of hydrogen-bond acceptors (Lipinski definition) is 4. The van der Waals surface area contributed by atoms with E-state index in [9.17, 15) is 4.79 Å². The molecular formula is C18H29Cl2N5O. The van der Waals surface area contributed by atoms with Crippen LogP contribution in [0.15, 0.2) is 12.3 Å². The number of amides is 1. The third-order valence-electron chi connectivity index (χ3n) is 5.11. The summed E-state index contributed by atoms with van der Waals surface area (Å²) in [6, 6.07) is 2.46. The third kappa shape index (κ3) is 4.30. The summed E-state index contributed by atoms with van der Waals surface area (Å²) in [5.41, 5.74) is 2.38. The van der Waals surface area contributed by atoms with Crippen molar-refractivity contribution in [3.63, 3.8) is 0 Å². The average Bonchev–Trinajstić information content (AvgIpc) is 3.03. The van der Waals surface area contributed by atoms with Crippen molar-refractivity contribution in [2.45, 2.75) is 52.1 Å². The summed E-state index contributed by atoms with van der Waals surface area (Å²) in [7, 11) is 1.92. The van der Waals surface area contributed by atoms with Gasteiger partial charge in [0, 0.05) is 18.8 Å². The number of nitrogens with zero attached hydrogens (tertiary/aromatic N) is 4. The molecule has 0 radical (unpaired) electrons. The van der Waals surface area contributed by atoms with Crippen LogP contribution in [0.2, 0.25) is 0 Å². The summed E-state index contributed by atoms with van der Waals surface area (Å²) in [6.07, 6.45) is 4.77. The zero-order chi connectivity index (χ0) is 17.3. The Bertz CT molecular complexity index is 743. The van der Waals surface area contributed by atoms with E-state index in [1.165, 1.54) is 0 Å². The van der Waals surface area contributed by atoms with E-state index < -0.39 is 0 Å². The van der Waals surface area contributed by atoms with E-state index >= 15 is 0 Å². The molecular weight excluding hydrogens is 373 g/mol. The number of carbonyl (C=O) groups excluding carboxylic acids is 1. The summed E-state index contributed by atoms with van der Waals surface area (Å²) in [5, 5.41) is 8.70. The lowest BCUT2D eigenvalue weighted by atomic mass is 10.0. The molecule has 0 spiro atoms. The van der Waals surface area contributed by atoms with Crippen LogP contribution in [-0.2, 0) is 0 Å². The fraction of sp³-hybridized carbons (Fsp3) is 0.611. The van der Waals surface area contributed by atoms with Crippen LogP contribution in [0.1, 0.15) is 55.2 Å². The Labute approximate surface area is 167 Å². The maximum absolute atomic E-state index is 13.1. The van der Waals surface area contributed by atoms with E-state index in [2.05, 4.69) is 29.2 Å². The summed E-state index contributed by atoms with van der Waals surface area (Å²) >= 11 is 0. The minimum atomic E-state index is 0. The fourth-order valence-corrected chi connectivity index (χ4v) is 3.37. The second-order valence-corrected chi connectivity index (χ2v) is 6.79. The predicted octanol–water partition coefficient (Wildman–Crippen LogP) is 3.38. The molecule has 1 N–H and O–H groups in total. The van der Waals surface area contributed by atoms with Crippen molar-refractivity contribution in [3.05, 3.63) is 23.5 Å². The number of fused-ring (bicyclic) bond motifs is 1. The summed E-state index contributed by atoms with van der Waals surface area (Å²) < 4.78 is 1.93. The highest BCUT2D eigenvalue weighted by molar-refractivity contribution is 6.05. The van der Waals surface area contributed by atoms with E-state index in [4.69, 9.17) is 0 Å². The van der Waals surface area contributed by atoms with E-state index in [0.29, 0.717) is 11.6 Å². The SMILES string of the molecule is CCC(C)n1ncc2c(C(=O)N(C)C3CCNCC3)cc(C)nc21.Cl.Cl. The number of aryl methyl sites for hydroxylation is 1. The van der Waals surface area contributed by atoms with Crippen molar-refractivity contribution in [1.82, 2.24) is 25.0 Å². The fourth-order valence-electron chi connectivity index (χ4n) is 3.37. The van der Waals surface area contributed by atoms with Gasteiger partial charge in [-0.25, -0.2) is 9.67 Å². The molecule has 26 heavy (non-hydrogen) atoms. The highest BCUT2D eigenvalue weighted by Crippen LogP contribution is 2.24. The van der Waals surface area contributed by atoms with Crippen LogP contribution in [0, 0.1) is 6.92 Å². The first-order valence-corrected chi connectivity index (χ1v) is 8.85. The molecule has 146 valence electrons. The Hall–Kier alpha value is -1.37. The van der Waals surface area contributed by atoms with E-state index in [-0.39, 0.29) is 36.8 Å². The molecule has 3 rings (SSSR count). The van der Waals surface area contributed by atoms with Crippen LogP contribution in [0.25, 0.3) is 11.0 Å². The molecule has 1 aliphatic heterocycles. The Morgan fingerprint density at radius 2 is 2.04 bits per heavy atom. The van der Waals surface area contributed by atoms with Gasteiger partial charge in [-0.3, -0.25) is 4.79 Å². The minimum absolute atomic E-state index is 0. The summed E-state index contributed by atoms with van der Waals surface area (Å²) in [4.78, 5) is 19.6. The topological polar surface area (TPSA) is 63.1 Å². The molecule has 1 amide bonds. The molecule has 1 aliphatic rings. The van der Waals surface area contributed by atoms with Crippen molar-refractivity contribution in [1.29, 1.82) is 0 Å². The number of nitrogens with one attached hydrogen (secondary N) is 1. The molecule has 3 heterocycles. The molecule has 0 saturated carbocycles. The minimum Gasteiger partial charge on any atom is -0.339 e. The lowest BCUT2D eigenvalue weighted by Gasteiger charge is -2.31. The largest absolute Gasteiger partial charge is 0.339 e. The number of carbonyl (C=O) groups is 1. The van der Waals surface area contributed by atoms with Gasteiger partial charge in [0.05, 0.1) is 23.2 Å². The zero-order valence-corrected chi connectivity index (χ0v) is 17.5. The first-order valence-electron chi connectivity index (χ1n) is 8.85. The number of rotatable bonds is 4. The highest BCUT2D eigenvalue weighted by atomic mass is 35.5. The monoisotopic (exact) mass is 401 g/mol. The first kappa shape index (κ1) is 22.7. The van der Waals surface area contributed by atoms with Gasteiger partial charge in [0.1, 0.15) is 0 Å². The van der Waals surface area contributed by atoms with Gasteiger partial charge in [-0.2, -0.15) is 5.10 Å². The molecule has 1 saturated heterocycles. The van der Waals surface area contributed by atoms with Crippen molar-refractivity contribution >= 4 is 41.8 Å². The summed E-state index contributed by atoms with van der Waals surface area (Å²) in [5.74, 6) is 0.0705. The average molecular weight is 402 g/mol. The smallest absolute Gasteiger partial charge is 0.254 e. The maximum atomic E-state index is 13.1. The molecule has 0 bridgehead atoms. The number of hydrogen-bond donors (Lipinski definition) is 1. The Balaban J connectivity index is 0.00000169. The van der Waals surface area contributed by atoms with Crippen molar-refractivity contribution < 1.29 is 4.79 Å². The normalized spacial score (nSPS) is 15.8. The second-order valence-electron chi connectivity index (χ2n) is 6.79. The Morgan fingerprint density at radius 3 is 2.65 bits per heavy atom. The zero-order valence-electron chi connectivity index (χ0n) is 15.9. The van der Waals surface area contributed by atoms with Crippen LogP contribution in [-0.4, -0.2) is 51.8 Å². The van der Waals surface area contributed by atoms with Crippen LogP contribution in [0.5, 0.6) is 0 Å². The maximum Gasteiger partial charge on any atom is 0.254 e. The van der Waals surface area contributed by atoms with Gasteiger partial charge in [-0.05, 0) is 52.3 Å². The standard InChI is InChI=1S/C18H27N5O.2ClH/c1-5-13(3)23-17-16(11-20-23)15(10-12(2)21-17)18(24)22(4)14-6-8-19-9-7-14;;/h10-11,13-14,19H,5-9H2,1-4H3;2*1H. The number of piperidine rings is 1. The molecule has 6 nitrogen and oxygen atoms in total. The van der Waals surface area contributed by atoms with E-state index in [1.54, 1.807) is 6.20 Å². The Kier molecular flexibility index (Phi) is 8.31. The van der Waals surface area contributed by atoms with Gasteiger partial charge < -0.3 is 10.2 Å². The molecule has 8 heteroatoms. The molecule has 1 unspecified atom stereocenters. The van der Waals surface area contributed by atoms with Gasteiger partial charge in [-0.1, -0.05) is 6.92 Å². The van der Waals surface area contributed by atoms with Gasteiger partial charge in [0.25, 0.3) is 5.91 Å². The molecule has 1 fully saturated rings. The lowest BCUT2D eigenvalue weighted by Crippen LogP contribution is -2.44. The summed E-state index contributed by atoms with van der Waals surface area (Å²) in [6.45, 7) is 8.14. The van der Waals surface area contributed by atoms with E-state index in [1.807, 2.05) is 29.6 Å². The number of halogens is 2. The van der Waals surface area contributed by atoms with Crippen molar-refractivity contribution in [2.24, 2.45) is 0 Å². The first-order chi connectivity index (χ1) is 11.5. The predicted molar refractivity (Wildman–Crippen MR) is 110 cm³/mol. The molecule has 1 atom stereocenters. The van der Waals surface area contributed by atoms with Crippen molar-refractivity contribution in [3.8, 4) is 0 Å². The van der Waals surface area contributed by atoms with Gasteiger partial charge in [0.15, 0.2) is 5.65 Å². The van der Waals surface area contributed by atoms with Crippen molar-refractivity contribution in [2.75, 3.05) is 20.1 Å². The molecule has 0 aromatic carbocycles. The van der Waals surface area contributed by atoms with Crippen LogP contribution >= 0.6 is 24.8 Å². The number of aromatic nitrogens is 3.